The molecule has 0 spiro atoms. The lowest BCUT2D eigenvalue weighted by Crippen LogP contribution is -2.49. The molecule has 0 radical (unpaired) electrons. The Labute approximate surface area is 186 Å². The average Bonchev–Trinajstić information content (AvgIpc) is 2.66. The molecule has 1 aromatic heterocycles. The van der Waals surface area contributed by atoms with Gasteiger partial charge in [-0.15, -0.1) is 24.0 Å². The molecule has 0 aromatic carbocycles. The fourth-order valence-corrected chi connectivity index (χ4v) is 2.98. The summed E-state index contributed by atoms with van der Waals surface area (Å²) in [4.78, 5) is 24.9. The highest BCUT2D eigenvalue weighted by molar-refractivity contribution is 14.0. The van der Waals surface area contributed by atoms with E-state index in [0.29, 0.717) is 6.04 Å². The van der Waals surface area contributed by atoms with E-state index in [9.17, 15) is 4.79 Å². The maximum atomic E-state index is 11.8. The number of hydrogen-bond acceptors (Lipinski definition) is 4. The molecule has 1 fully saturated rings. The molecule has 1 aliphatic rings. The maximum absolute atomic E-state index is 11.8. The van der Waals surface area contributed by atoms with Gasteiger partial charge in [0.2, 0.25) is 5.91 Å². The van der Waals surface area contributed by atoms with E-state index in [1.807, 2.05) is 13.0 Å². The standard InChI is InChI=1S/C20H34N6O.HI/c1-5-6-12-21-20(22-15-19(27)25(3)4)24-17-10-13-26(14-11-17)18-9-7-8-16(2)23-18;/h7-9,17H,5-6,10-15H2,1-4H3,(H2,21,22,24);1H. The van der Waals surface area contributed by atoms with Gasteiger partial charge in [-0.25, -0.2) is 9.98 Å². The number of nitrogens with zero attached hydrogens (tertiary/aromatic N) is 4. The van der Waals surface area contributed by atoms with Crippen LogP contribution in [0.25, 0.3) is 0 Å². The van der Waals surface area contributed by atoms with Crippen molar-refractivity contribution < 1.29 is 4.79 Å². The van der Waals surface area contributed by atoms with Gasteiger partial charge in [0.25, 0.3) is 0 Å². The Morgan fingerprint density at radius 3 is 2.64 bits per heavy atom. The van der Waals surface area contributed by atoms with E-state index in [4.69, 9.17) is 0 Å². The lowest BCUT2D eigenvalue weighted by molar-refractivity contribution is -0.127. The van der Waals surface area contributed by atoms with Crippen LogP contribution in [0.2, 0.25) is 0 Å². The largest absolute Gasteiger partial charge is 0.356 e. The summed E-state index contributed by atoms with van der Waals surface area (Å²) in [6.45, 7) is 7.15. The molecule has 0 atom stereocenters. The van der Waals surface area contributed by atoms with Gasteiger partial charge >= 0.3 is 0 Å². The molecule has 7 nitrogen and oxygen atoms in total. The van der Waals surface area contributed by atoms with Crippen LogP contribution >= 0.6 is 24.0 Å². The number of unbranched alkanes of at least 4 members (excludes halogenated alkanes) is 1. The van der Waals surface area contributed by atoms with E-state index in [1.54, 1.807) is 19.0 Å². The normalized spacial score (nSPS) is 15.0. The molecule has 8 heteroatoms. The number of carbonyl (C=O) groups is 1. The number of aromatic nitrogens is 1. The molecule has 0 unspecified atom stereocenters. The smallest absolute Gasteiger partial charge is 0.243 e. The number of aliphatic imine (C=N–C) groups is 1. The number of likely N-dealkylation sites (N-methyl/N-ethyl adjacent to an activating group) is 1. The Morgan fingerprint density at radius 2 is 2.04 bits per heavy atom. The van der Waals surface area contributed by atoms with Crippen LogP contribution in [0.5, 0.6) is 0 Å². The van der Waals surface area contributed by atoms with Crippen LogP contribution in [-0.4, -0.2) is 68.1 Å². The second-order valence-electron chi connectivity index (χ2n) is 7.28. The number of guanidine groups is 1. The Balaban J connectivity index is 0.00000392. The fourth-order valence-electron chi connectivity index (χ4n) is 2.98. The first-order valence-corrected chi connectivity index (χ1v) is 9.93. The summed E-state index contributed by atoms with van der Waals surface area (Å²) in [5, 5.41) is 6.87. The number of rotatable bonds is 7. The number of hydrogen-bond donors (Lipinski definition) is 2. The SMILES string of the molecule is CCCCNC(=NCC(=O)N(C)C)NC1CCN(c2cccc(C)n2)CC1.I. The van der Waals surface area contributed by atoms with Crippen molar-refractivity contribution in [3.05, 3.63) is 23.9 Å². The maximum Gasteiger partial charge on any atom is 0.243 e. The summed E-state index contributed by atoms with van der Waals surface area (Å²) in [7, 11) is 3.51. The first-order valence-electron chi connectivity index (χ1n) is 9.93. The monoisotopic (exact) mass is 502 g/mol. The Hall–Kier alpha value is -1.58. The zero-order valence-electron chi connectivity index (χ0n) is 17.6. The second-order valence-corrected chi connectivity index (χ2v) is 7.28. The van der Waals surface area contributed by atoms with Gasteiger partial charge in [-0.3, -0.25) is 4.79 Å². The summed E-state index contributed by atoms with van der Waals surface area (Å²) in [6, 6.07) is 6.52. The minimum atomic E-state index is 0. The number of aryl methyl sites for hydroxylation is 1. The highest BCUT2D eigenvalue weighted by atomic mass is 127. The lowest BCUT2D eigenvalue weighted by atomic mass is 10.1. The van der Waals surface area contributed by atoms with E-state index in [0.717, 1.165) is 62.8 Å². The van der Waals surface area contributed by atoms with Gasteiger partial charge in [0.1, 0.15) is 12.4 Å². The van der Waals surface area contributed by atoms with E-state index in [2.05, 4.69) is 44.6 Å². The van der Waals surface area contributed by atoms with Crippen molar-refractivity contribution in [3.8, 4) is 0 Å². The number of anilines is 1. The van der Waals surface area contributed by atoms with E-state index < -0.39 is 0 Å². The molecule has 1 saturated heterocycles. The molecular formula is C20H35IN6O. The van der Waals surface area contributed by atoms with Crippen LogP contribution < -0.4 is 15.5 Å². The number of nitrogens with one attached hydrogen (secondary N) is 2. The van der Waals surface area contributed by atoms with Crippen LogP contribution in [0.1, 0.15) is 38.3 Å². The molecule has 0 saturated carbocycles. The molecule has 2 N–H and O–H groups in total. The minimum absolute atomic E-state index is 0. The van der Waals surface area contributed by atoms with Gasteiger partial charge in [-0.05, 0) is 38.3 Å². The number of carbonyl (C=O) groups excluding carboxylic acids is 1. The first kappa shape index (κ1) is 24.5. The molecule has 2 rings (SSSR count). The van der Waals surface area contributed by atoms with Gasteiger partial charge in [0.15, 0.2) is 5.96 Å². The number of amides is 1. The minimum Gasteiger partial charge on any atom is -0.356 e. The van der Waals surface area contributed by atoms with E-state index in [-0.39, 0.29) is 36.4 Å². The molecule has 0 bridgehead atoms. The second kappa shape index (κ2) is 12.8. The third-order valence-electron chi connectivity index (χ3n) is 4.73. The number of halogens is 1. The van der Waals surface area contributed by atoms with Crippen molar-refractivity contribution in [3.63, 3.8) is 0 Å². The van der Waals surface area contributed by atoms with Gasteiger partial charge in [-0.2, -0.15) is 0 Å². The highest BCUT2D eigenvalue weighted by Crippen LogP contribution is 2.18. The van der Waals surface area contributed by atoms with Crippen molar-refractivity contribution >= 4 is 41.7 Å². The van der Waals surface area contributed by atoms with Crippen molar-refractivity contribution in [1.82, 2.24) is 20.5 Å². The third kappa shape index (κ3) is 8.20. The summed E-state index contributed by atoms with van der Waals surface area (Å²) in [6.07, 6.45) is 4.25. The molecule has 1 aromatic rings. The molecule has 158 valence electrons. The fraction of sp³-hybridized carbons (Fsp3) is 0.650. The molecule has 2 heterocycles. The predicted molar refractivity (Wildman–Crippen MR) is 127 cm³/mol. The van der Waals surface area contributed by atoms with Crippen LogP contribution in [-0.2, 0) is 4.79 Å². The third-order valence-corrected chi connectivity index (χ3v) is 4.73. The summed E-state index contributed by atoms with van der Waals surface area (Å²) in [5.74, 6) is 1.80. The van der Waals surface area contributed by atoms with Crippen LogP contribution in [0, 0.1) is 6.92 Å². The lowest BCUT2D eigenvalue weighted by Gasteiger charge is -2.34. The van der Waals surface area contributed by atoms with Crippen molar-refractivity contribution in [2.75, 3.05) is 45.2 Å². The zero-order chi connectivity index (χ0) is 19.6. The van der Waals surface area contributed by atoms with Crippen molar-refractivity contribution in [2.45, 2.75) is 45.6 Å². The van der Waals surface area contributed by atoms with Gasteiger partial charge in [0, 0.05) is 45.5 Å². The number of pyridine rings is 1. The predicted octanol–water partition coefficient (Wildman–Crippen LogP) is 2.40. The quantitative estimate of drug-likeness (QED) is 0.259. The molecular weight excluding hydrogens is 467 g/mol. The summed E-state index contributed by atoms with van der Waals surface area (Å²) >= 11 is 0. The summed E-state index contributed by atoms with van der Waals surface area (Å²) < 4.78 is 0. The highest BCUT2D eigenvalue weighted by Gasteiger charge is 2.21. The topological polar surface area (TPSA) is 72.9 Å². The van der Waals surface area contributed by atoms with Gasteiger partial charge < -0.3 is 20.4 Å². The van der Waals surface area contributed by atoms with E-state index >= 15 is 0 Å². The van der Waals surface area contributed by atoms with Gasteiger partial charge in [0.05, 0.1) is 0 Å². The summed E-state index contributed by atoms with van der Waals surface area (Å²) in [5.41, 5.74) is 1.05. The van der Waals surface area contributed by atoms with Crippen LogP contribution in [0.3, 0.4) is 0 Å². The van der Waals surface area contributed by atoms with E-state index in [1.165, 1.54) is 0 Å². The Morgan fingerprint density at radius 1 is 1.32 bits per heavy atom. The average molecular weight is 502 g/mol. The molecule has 1 aliphatic heterocycles. The zero-order valence-corrected chi connectivity index (χ0v) is 19.9. The first-order chi connectivity index (χ1) is 13.0. The number of piperidine rings is 1. The van der Waals surface area contributed by atoms with Crippen molar-refractivity contribution in [1.29, 1.82) is 0 Å². The van der Waals surface area contributed by atoms with Crippen molar-refractivity contribution in [2.24, 2.45) is 4.99 Å². The molecule has 0 aliphatic carbocycles. The van der Waals surface area contributed by atoms with Crippen LogP contribution in [0.15, 0.2) is 23.2 Å². The van der Waals surface area contributed by atoms with Crippen LogP contribution in [0.4, 0.5) is 5.82 Å². The molecule has 28 heavy (non-hydrogen) atoms. The van der Waals surface area contributed by atoms with Gasteiger partial charge in [-0.1, -0.05) is 19.4 Å². The Kier molecular flexibility index (Phi) is 11.2. The molecule has 1 amide bonds. The Bertz CT molecular complexity index is 629.